The molecule has 0 amide bonds. The predicted molar refractivity (Wildman–Crippen MR) is 105 cm³/mol. The molecule has 1 aromatic heterocycles. The lowest BCUT2D eigenvalue weighted by molar-refractivity contribution is 0.0372. The highest BCUT2D eigenvalue weighted by molar-refractivity contribution is 5.89. The molecule has 26 heavy (non-hydrogen) atoms. The van der Waals surface area contributed by atoms with E-state index in [1.165, 1.54) is 16.7 Å². The number of ether oxygens (including phenoxy) is 1. The van der Waals surface area contributed by atoms with E-state index in [-0.39, 0.29) is 31.0 Å². The largest absolute Gasteiger partial charge is 0.440 e. The third-order valence-corrected chi connectivity index (χ3v) is 4.56. The highest BCUT2D eigenvalue weighted by atomic mass is 35.5. The molecule has 0 N–H and O–H groups in total. The van der Waals surface area contributed by atoms with Crippen LogP contribution in [0.3, 0.4) is 0 Å². The second kappa shape index (κ2) is 8.68. The second-order valence-corrected chi connectivity index (χ2v) is 6.25. The summed E-state index contributed by atoms with van der Waals surface area (Å²) in [5.74, 6) is -0.149. The molecule has 0 aliphatic carbocycles. The van der Waals surface area contributed by atoms with Gasteiger partial charge in [-0.15, -0.1) is 12.4 Å². The molecule has 4 nitrogen and oxygen atoms in total. The summed E-state index contributed by atoms with van der Waals surface area (Å²) >= 11 is 0. The molecule has 0 aliphatic rings. The van der Waals surface area contributed by atoms with Crippen LogP contribution in [0, 0.1) is 13.8 Å². The zero-order valence-electron chi connectivity index (χ0n) is 15.2. The predicted octanol–water partition coefficient (Wildman–Crippen LogP) is 4.89. The molecule has 0 bridgehead atoms. The van der Waals surface area contributed by atoms with Crippen molar-refractivity contribution in [3.05, 3.63) is 89.0 Å². The lowest BCUT2D eigenvalue weighted by Crippen LogP contribution is -2.08. The Balaban J connectivity index is 0.00000243. The number of hydrogen-bond acceptors (Lipinski definition) is 3. The Morgan fingerprint density at radius 1 is 1.12 bits per heavy atom. The highest BCUT2D eigenvalue weighted by Gasteiger charge is 2.15. The van der Waals surface area contributed by atoms with E-state index in [1.54, 1.807) is 23.0 Å². The molecule has 0 aliphatic heterocycles. The number of carbonyl (C=O) groups excluding carboxylic acids is 1. The monoisotopic (exact) mass is 370 g/mol. The average molecular weight is 371 g/mol. The maximum Gasteiger partial charge on any atom is 0.339 e. The van der Waals surface area contributed by atoms with Gasteiger partial charge in [0.25, 0.3) is 0 Å². The molecule has 0 saturated heterocycles. The van der Waals surface area contributed by atoms with Crippen molar-refractivity contribution in [2.24, 2.45) is 0 Å². The van der Waals surface area contributed by atoms with Gasteiger partial charge in [-0.1, -0.05) is 43.3 Å². The number of aromatic nitrogens is 2. The SMILES string of the molecule is Cc1cccc([C@H](C)c2cn(COC(=O)c3ccccc3)cn2)c1C.Cl. The fourth-order valence-corrected chi connectivity index (χ4v) is 2.86. The number of nitrogens with zero attached hydrogens (tertiary/aromatic N) is 2. The Morgan fingerprint density at radius 2 is 1.85 bits per heavy atom. The number of halogens is 1. The lowest BCUT2D eigenvalue weighted by Gasteiger charge is -2.14. The number of rotatable bonds is 5. The molecule has 2 aromatic carbocycles. The summed E-state index contributed by atoms with van der Waals surface area (Å²) in [7, 11) is 0. The van der Waals surface area contributed by atoms with Gasteiger partial charge in [0.15, 0.2) is 6.73 Å². The van der Waals surface area contributed by atoms with Crippen LogP contribution in [0.5, 0.6) is 0 Å². The first kappa shape index (κ1) is 19.7. The molecule has 0 spiro atoms. The number of hydrogen-bond donors (Lipinski definition) is 0. The minimum absolute atomic E-state index is 0. The fourth-order valence-electron chi connectivity index (χ4n) is 2.86. The molecule has 0 saturated carbocycles. The Kier molecular flexibility index (Phi) is 6.58. The lowest BCUT2D eigenvalue weighted by atomic mass is 9.92. The van der Waals surface area contributed by atoms with E-state index in [0.29, 0.717) is 5.56 Å². The van der Waals surface area contributed by atoms with Crippen LogP contribution in [-0.4, -0.2) is 15.5 Å². The second-order valence-electron chi connectivity index (χ2n) is 6.25. The van der Waals surface area contributed by atoms with Gasteiger partial charge in [0.1, 0.15) is 0 Å². The van der Waals surface area contributed by atoms with Gasteiger partial charge in [-0.25, -0.2) is 9.78 Å². The summed E-state index contributed by atoms with van der Waals surface area (Å²) in [4.78, 5) is 16.5. The van der Waals surface area contributed by atoms with E-state index in [9.17, 15) is 4.79 Å². The number of esters is 1. The third-order valence-electron chi connectivity index (χ3n) is 4.56. The average Bonchev–Trinajstić information content (AvgIpc) is 3.11. The first-order valence-electron chi connectivity index (χ1n) is 8.36. The molecular weight excluding hydrogens is 348 g/mol. The molecule has 3 aromatic rings. The number of benzene rings is 2. The van der Waals surface area contributed by atoms with Crippen molar-refractivity contribution >= 4 is 18.4 Å². The smallest absolute Gasteiger partial charge is 0.339 e. The van der Waals surface area contributed by atoms with Gasteiger partial charge in [0, 0.05) is 12.1 Å². The van der Waals surface area contributed by atoms with Crippen molar-refractivity contribution in [1.82, 2.24) is 9.55 Å². The quantitative estimate of drug-likeness (QED) is 0.601. The van der Waals surface area contributed by atoms with E-state index in [1.807, 2.05) is 24.4 Å². The van der Waals surface area contributed by atoms with Crippen LogP contribution in [0.15, 0.2) is 61.1 Å². The molecule has 0 unspecified atom stereocenters. The van der Waals surface area contributed by atoms with Crippen LogP contribution in [0.2, 0.25) is 0 Å². The van der Waals surface area contributed by atoms with Crippen molar-refractivity contribution in [3.8, 4) is 0 Å². The first-order chi connectivity index (χ1) is 12.1. The zero-order valence-corrected chi connectivity index (χ0v) is 16.0. The van der Waals surface area contributed by atoms with Gasteiger partial charge in [0.05, 0.1) is 17.6 Å². The maximum atomic E-state index is 12.0. The number of imidazole rings is 1. The van der Waals surface area contributed by atoms with E-state index in [4.69, 9.17) is 4.74 Å². The van der Waals surface area contributed by atoms with Crippen molar-refractivity contribution in [3.63, 3.8) is 0 Å². The highest BCUT2D eigenvalue weighted by Crippen LogP contribution is 2.27. The molecular formula is C21H23ClN2O2. The Bertz CT molecular complexity index is 875. The molecule has 1 heterocycles. The maximum absolute atomic E-state index is 12.0. The van der Waals surface area contributed by atoms with Crippen LogP contribution < -0.4 is 0 Å². The van der Waals surface area contributed by atoms with Gasteiger partial charge in [-0.05, 0) is 42.7 Å². The summed E-state index contributed by atoms with van der Waals surface area (Å²) in [6.45, 7) is 6.55. The van der Waals surface area contributed by atoms with Crippen LogP contribution in [0.1, 0.15) is 45.6 Å². The minimum Gasteiger partial charge on any atom is -0.440 e. The van der Waals surface area contributed by atoms with Gasteiger partial charge in [-0.2, -0.15) is 0 Å². The summed E-state index contributed by atoms with van der Waals surface area (Å²) in [6.07, 6.45) is 3.64. The van der Waals surface area contributed by atoms with Crippen LogP contribution in [-0.2, 0) is 11.5 Å². The molecule has 3 rings (SSSR count). The van der Waals surface area contributed by atoms with E-state index in [2.05, 4.69) is 44.0 Å². The molecule has 136 valence electrons. The third kappa shape index (κ3) is 4.33. The summed E-state index contributed by atoms with van der Waals surface area (Å²) in [5, 5.41) is 0. The topological polar surface area (TPSA) is 44.1 Å². The van der Waals surface area contributed by atoms with Gasteiger partial charge in [0.2, 0.25) is 0 Å². The molecule has 1 atom stereocenters. The van der Waals surface area contributed by atoms with E-state index >= 15 is 0 Å². The summed E-state index contributed by atoms with van der Waals surface area (Å²) in [5.41, 5.74) is 5.35. The minimum atomic E-state index is -0.335. The van der Waals surface area contributed by atoms with Crippen LogP contribution in [0.4, 0.5) is 0 Å². The van der Waals surface area contributed by atoms with Crippen molar-refractivity contribution in [1.29, 1.82) is 0 Å². The number of aryl methyl sites for hydroxylation is 1. The van der Waals surface area contributed by atoms with Crippen LogP contribution in [0.25, 0.3) is 0 Å². The standard InChI is InChI=1S/C21H22N2O2.ClH/c1-15-8-7-11-19(16(15)2)17(3)20-12-23(13-22-20)14-25-21(24)18-9-5-4-6-10-18;/h4-13,17H,14H2,1-3H3;1H/t17-;/m0./s1. The first-order valence-corrected chi connectivity index (χ1v) is 8.36. The van der Waals surface area contributed by atoms with E-state index < -0.39 is 0 Å². The summed E-state index contributed by atoms with van der Waals surface area (Å²) in [6, 6.07) is 15.3. The Morgan fingerprint density at radius 3 is 2.58 bits per heavy atom. The van der Waals surface area contributed by atoms with Gasteiger partial charge >= 0.3 is 5.97 Å². The van der Waals surface area contributed by atoms with Crippen molar-refractivity contribution < 1.29 is 9.53 Å². The Hall–Kier alpha value is -2.59. The molecule has 0 radical (unpaired) electrons. The van der Waals surface area contributed by atoms with Crippen molar-refractivity contribution in [2.75, 3.05) is 0 Å². The van der Waals surface area contributed by atoms with Gasteiger partial charge in [-0.3, -0.25) is 0 Å². The van der Waals surface area contributed by atoms with Crippen molar-refractivity contribution in [2.45, 2.75) is 33.4 Å². The van der Waals surface area contributed by atoms with Crippen LogP contribution >= 0.6 is 12.4 Å². The van der Waals surface area contributed by atoms with Gasteiger partial charge < -0.3 is 9.30 Å². The fraction of sp³-hybridized carbons (Fsp3) is 0.238. The normalized spacial score (nSPS) is 11.5. The van der Waals surface area contributed by atoms with E-state index in [0.717, 1.165) is 5.69 Å². The Labute approximate surface area is 160 Å². The summed E-state index contributed by atoms with van der Waals surface area (Å²) < 4.78 is 7.13. The zero-order chi connectivity index (χ0) is 17.8. The number of carbonyl (C=O) groups is 1. The molecule has 0 fully saturated rings. The molecule has 5 heteroatoms.